The molecule has 0 bridgehead atoms. The third-order valence-electron chi connectivity index (χ3n) is 1.34. The van der Waals surface area contributed by atoms with Crippen LogP contribution in [0.15, 0.2) is 12.7 Å². The third kappa shape index (κ3) is 7.67. The van der Waals surface area contributed by atoms with Crippen LogP contribution >= 0.6 is 12.6 Å². The summed E-state index contributed by atoms with van der Waals surface area (Å²) in [4.78, 5) is 21.2. The van der Waals surface area contributed by atoms with Gasteiger partial charge in [0.15, 0.2) is 0 Å². The summed E-state index contributed by atoms with van der Waals surface area (Å²) >= 11 is 3.74. The van der Waals surface area contributed by atoms with E-state index in [0.29, 0.717) is 26.1 Å². The number of esters is 2. The monoisotopic (exact) mass is 218 g/mol. The molecule has 0 aliphatic rings. The largest absolute Gasteiger partial charge is 0.465 e. The minimum absolute atomic E-state index is 0.0887. The van der Waals surface area contributed by atoms with E-state index in [1.165, 1.54) is 0 Å². The highest BCUT2D eigenvalue weighted by atomic mass is 32.1. The van der Waals surface area contributed by atoms with Crippen molar-refractivity contribution >= 4 is 24.6 Å². The van der Waals surface area contributed by atoms with E-state index in [2.05, 4.69) is 19.2 Å². The van der Waals surface area contributed by atoms with E-state index in [4.69, 9.17) is 9.47 Å². The molecule has 0 saturated heterocycles. The minimum Gasteiger partial charge on any atom is -0.465 e. The van der Waals surface area contributed by atoms with E-state index in [0.717, 1.165) is 6.08 Å². The minimum atomic E-state index is -0.433. The van der Waals surface area contributed by atoms with Crippen molar-refractivity contribution in [3.05, 3.63) is 12.7 Å². The third-order valence-corrected chi connectivity index (χ3v) is 1.60. The smallest absolute Gasteiger partial charge is 0.330 e. The van der Waals surface area contributed by atoms with E-state index in [1.807, 2.05) is 0 Å². The van der Waals surface area contributed by atoms with Crippen LogP contribution in [-0.2, 0) is 19.1 Å². The van der Waals surface area contributed by atoms with Gasteiger partial charge in [0.1, 0.15) is 0 Å². The maximum absolute atomic E-state index is 10.6. The molecule has 0 aliphatic carbocycles. The van der Waals surface area contributed by atoms with E-state index < -0.39 is 5.97 Å². The number of ether oxygens (including phenoxy) is 2. The summed E-state index contributed by atoms with van der Waals surface area (Å²) in [6.07, 6.45) is 2.45. The Morgan fingerprint density at radius 2 is 1.79 bits per heavy atom. The van der Waals surface area contributed by atoms with Crippen molar-refractivity contribution in [3.8, 4) is 0 Å². The van der Waals surface area contributed by atoms with Crippen LogP contribution in [-0.4, -0.2) is 30.9 Å². The van der Waals surface area contributed by atoms with Gasteiger partial charge in [0, 0.05) is 6.08 Å². The lowest BCUT2D eigenvalue weighted by atomic mass is 10.3. The zero-order chi connectivity index (χ0) is 10.8. The van der Waals surface area contributed by atoms with Crippen molar-refractivity contribution in [1.29, 1.82) is 0 Å². The topological polar surface area (TPSA) is 52.6 Å². The van der Waals surface area contributed by atoms with Gasteiger partial charge < -0.3 is 9.47 Å². The highest BCUT2D eigenvalue weighted by Crippen LogP contribution is 1.93. The number of carbonyl (C=O) groups excluding carboxylic acids is 2. The molecule has 5 heteroatoms. The number of unbranched alkanes of at least 4 members (excludes halogenated alkanes) is 1. The predicted molar refractivity (Wildman–Crippen MR) is 55.2 cm³/mol. The highest BCUT2D eigenvalue weighted by molar-refractivity contribution is 7.81. The summed E-state index contributed by atoms with van der Waals surface area (Å²) in [7, 11) is 0. The normalized spacial score (nSPS) is 9.21. The number of hydrogen-bond donors (Lipinski definition) is 1. The van der Waals surface area contributed by atoms with Crippen molar-refractivity contribution in [2.75, 3.05) is 19.0 Å². The van der Waals surface area contributed by atoms with Crippen LogP contribution in [0.2, 0.25) is 0 Å². The van der Waals surface area contributed by atoms with Crippen LogP contribution < -0.4 is 0 Å². The van der Waals surface area contributed by atoms with Gasteiger partial charge in [0.05, 0.1) is 19.0 Å². The molecule has 0 unspecified atom stereocenters. The van der Waals surface area contributed by atoms with Gasteiger partial charge in [-0.1, -0.05) is 6.58 Å². The lowest BCUT2D eigenvalue weighted by Gasteiger charge is -2.03. The highest BCUT2D eigenvalue weighted by Gasteiger charge is 1.98. The van der Waals surface area contributed by atoms with Gasteiger partial charge in [0.25, 0.3) is 0 Å². The first kappa shape index (κ1) is 13.0. The van der Waals surface area contributed by atoms with Crippen LogP contribution in [0.5, 0.6) is 0 Å². The number of hydrogen-bond acceptors (Lipinski definition) is 5. The first-order valence-electron chi connectivity index (χ1n) is 4.26. The van der Waals surface area contributed by atoms with Crippen LogP contribution in [0, 0.1) is 0 Å². The SMILES string of the molecule is C=CC(=O)OCCCCOC(=O)CS. The van der Waals surface area contributed by atoms with Crippen molar-refractivity contribution < 1.29 is 19.1 Å². The molecular formula is C9H14O4S. The number of thiol groups is 1. The lowest BCUT2D eigenvalue weighted by molar-refractivity contribution is -0.141. The zero-order valence-electron chi connectivity index (χ0n) is 7.90. The average molecular weight is 218 g/mol. The summed E-state index contributed by atoms with van der Waals surface area (Å²) in [6.45, 7) is 3.92. The lowest BCUT2D eigenvalue weighted by Crippen LogP contribution is -2.08. The quantitative estimate of drug-likeness (QED) is 0.299. The summed E-state index contributed by atoms with van der Waals surface area (Å²) < 4.78 is 9.46. The van der Waals surface area contributed by atoms with E-state index >= 15 is 0 Å². The Hall–Kier alpha value is -0.970. The van der Waals surface area contributed by atoms with Gasteiger partial charge in [-0.15, -0.1) is 0 Å². The molecule has 0 atom stereocenters. The second-order valence-corrected chi connectivity index (χ2v) is 2.77. The zero-order valence-corrected chi connectivity index (χ0v) is 8.79. The fraction of sp³-hybridized carbons (Fsp3) is 0.556. The standard InChI is InChI=1S/C9H14O4S/c1-2-8(10)12-5-3-4-6-13-9(11)7-14/h2,14H,1,3-7H2. The van der Waals surface area contributed by atoms with Crippen LogP contribution in [0.25, 0.3) is 0 Å². The summed E-state index contributed by atoms with van der Waals surface area (Å²) in [5.41, 5.74) is 0. The van der Waals surface area contributed by atoms with Gasteiger partial charge in [-0.25, -0.2) is 4.79 Å². The summed E-state index contributed by atoms with van der Waals surface area (Å²) in [6, 6.07) is 0. The molecule has 0 radical (unpaired) electrons. The van der Waals surface area contributed by atoms with Crippen molar-refractivity contribution in [1.82, 2.24) is 0 Å². The molecule has 0 fully saturated rings. The average Bonchev–Trinajstić information content (AvgIpc) is 2.22. The molecule has 0 spiro atoms. The fourth-order valence-electron chi connectivity index (χ4n) is 0.667. The summed E-state index contributed by atoms with van der Waals surface area (Å²) in [5.74, 6) is -0.681. The Morgan fingerprint density at radius 3 is 2.29 bits per heavy atom. The molecule has 14 heavy (non-hydrogen) atoms. The molecule has 0 aliphatic heterocycles. The van der Waals surface area contributed by atoms with E-state index in [1.54, 1.807) is 0 Å². The molecule has 0 N–H and O–H groups in total. The molecule has 0 rings (SSSR count). The second-order valence-electron chi connectivity index (χ2n) is 2.46. The van der Waals surface area contributed by atoms with Crippen LogP contribution in [0.3, 0.4) is 0 Å². The second kappa shape index (κ2) is 8.62. The van der Waals surface area contributed by atoms with Gasteiger partial charge in [-0.3, -0.25) is 4.79 Å². The Morgan fingerprint density at radius 1 is 1.21 bits per heavy atom. The molecule has 0 aromatic rings. The van der Waals surface area contributed by atoms with E-state index in [9.17, 15) is 9.59 Å². The van der Waals surface area contributed by atoms with Crippen LogP contribution in [0.4, 0.5) is 0 Å². The molecule has 0 heterocycles. The van der Waals surface area contributed by atoms with Crippen LogP contribution in [0.1, 0.15) is 12.8 Å². The number of carbonyl (C=O) groups is 2. The Balaban J connectivity index is 3.18. The Kier molecular flexibility index (Phi) is 8.02. The van der Waals surface area contributed by atoms with E-state index in [-0.39, 0.29) is 11.7 Å². The molecule has 80 valence electrons. The van der Waals surface area contributed by atoms with Crippen molar-refractivity contribution in [3.63, 3.8) is 0 Å². The van der Waals surface area contributed by atoms with Gasteiger partial charge in [0.2, 0.25) is 0 Å². The van der Waals surface area contributed by atoms with Crippen molar-refractivity contribution in [2.24, 2.45) is 0 Å². The maximum Gasteiger partial charge on any atom is 0.330 e. The molecule has 0 amide bonds. The first-order valence-corrected chi connectivity index (χ1v) is 4.89. The first-order chi connectivity index (χ1) is 6.70. The van der Waals surface area contributed by atoms with Crippen molar-refractivity contribution in [2.45, 2.75) is 12.8 Å². The molecule has 0 aromatic heterocycles. The fourth-order valence-corrected chi connectivity index (χ4v) is 0.759. The predicted octanol–water partition coefficient (Wildman–Crippen LogP) is 0.969. The van der Waals surface area contributed by atoms with Gasteiger partial charge in [-0.05, 0) is 12.8 Å². The summed E-state index contributed by atoms with van der Waals surface area (Å²) in [5, 5.41) is 0. The van der Waals surface area contributed by atoms with Gasteiger partial charge >= 0.3 is 11.9 Å². The Bertz CT molecular complexity index is 203. The number of rotatable bonds is 7. The maximum atomic E-state index is 10.6. The van der Waals surface area contributed by atoms with Gasteiger partial charge in [-0.2, -0.15) is 12.6 Å². The molecule has 4 nitrogen and oxygen atoms in total. The molecule has 0 aromatic carbocycles. The molecular weight excluding hydrogens is 204 g/mol. The molecule has 0 saturated carbocycles. The Labute approximate surface area is 88.7 Å².